The number of nitrogens with zero attached hydrogens (tertiary/aromatic N) is 2. The van der Waals surface area contributed by atoms with Crippen LogP contribution in [0.25, 0.3) is 0 Å². The van der Waals surface area contributed by atoms with E-state index >= 15 is 0 Å². The number of carbonyl (C=O) groups is 1. The number of rotatable bonds is 4. The summed E-state index contributed by atoms with van der Waals surface area (Å²) in [6.45, 7) is 1.91. The Labute approximate surface area is 133 Å². The number of nitro benzene ring substituents is 1. The molecular weight excluding hydrogens is 304 g/mol. The minimum atomic E-state index is -0.492. The predicted octanol–water partition coefficient (Wildman–Crippen LogP) is 4.08. The van der Waals surface area contributed by atoms with Crippen LogP contribution in [-0.2, 0) is 0 Å². The van der Waals surface area contributed by atoms with Gasteiger partial charge >= 0.3 is 0 Å². The van der Waals surface area contributed by atoms with E-state index in [0.717, 1.165) is 5.56 Å². The SMILES string of the molecule is CC(c1ccc(Cl)cc1)N(C)C(=O)c1ccc([N+](=O)[O-])cc1. The second kappa shape index (κ2) is 6.58. The average molecular weight is 319 g/mol. The summed E-state index contributed by atoms with van der Waals surface area (Å²) in [5.41, 5.74) is 1.33. The van der Waals surface area contributed by atoms with Crippen LogP contribution in [0.4, 0.5) is 5.69 Å². The van der Waals surface area contributed by atoms with Crippen molar-refractivity contribution in [2.45, 2.75) is 13.0 Å². The Bertz CT molecular complexity index is 684. The first kappa shape index (κ1) is 16.0. The number of benzene rings is 2. The van der Waals surface area contributed by atoms with Gasteiger partial charge < -0.3 is 4.90 Å². The van der Waals surface area contributed by atoms with Crippen molar-refractivity contribution in [1.29, 1.82) is 0 Å². The average Bonchev–Trinajstić information content (AvgIpc) is 2.53. The molecule has 5 nitrogen and oxygen atoms in total. The first-order valence-corrected chi connectivity index (χ1v) is 7.05. The molecule has 0 saturated heterocycles. The lowest BCUT2D eigenvalue weighted by Gasteiger charge is -2.25. The molecule has 2 rings (SSSR count). The summed E-state index contributed by atoms with van der Waals surface area (Å²) in [6.07, 6.45) is 0. The first-order valence-electron chi connectivity index (χ1n) is 6.67. The van der Waals surface area contributed by atoms with E-state index in [4.69, 9.17) is 11.6 Å². The van der Waals surface area contributed by atoms with Gasteiger partial charge in [0.05, 0.1) is 11.0 Å². The summed E-state index contributed by atoms with van der Waals surface area (Å²) in [6, 6.07) is 12.7. The van der Waals surface area contributed by atoms with Crippen LogP contribution in [0.3, 0.4) is 0 Å². The van der Waals surface area contributed by atoms with Crippen LogP contribution in [-0.4, -0.2) is 22.8 Å². The number of nitro groups is 1. The standard InChI is InChI=1S/C16H15ClN2O3/c1-11(12-3-7-14(17)8-4-12)18(2)16(20)13-5-9-15(10-6-13)19(21)22/h3-11H,1-2H3. The highest BCUT2D eigenvalue weighted by molar-refractivity contribution is 6.30. The molecule has 0 aliphatic heterocycles. The van der Waals surface area contributed by atoms with Crippen molar-refractivity contribution in [2.24, 2.45) is 0 Å². The van der Waals surface area contributed by atoms with Crippen LogP contribution in [0.1, 0.15) is 28.9 Å². The molecule has 0 bridgehead atoms. The number of non-ortho nitro benzene ring substituents is 1. The molecule has 1 unspecified atom stereocenters. The van der Waals surface area contributed by atoms with E-state index in [1.165, 1.54) is 24.3 Å². The van der Waals surface area contributed by atoms with Crippen LogP contribution in [0, 0.1) is 10.1 Å². The van der Waals surface area contributed by atoms with E-state index in [1.807, 2.05) is 19.1 Å². The van der Waals surface area contributed by atoms with Gasteiger partial charge in [-0.1, -0.05) is 23.7 Å². The third kappa shape index (κ3) is 3.43. The molecule has 0 saturated carbocycles. The van der Waals surface area contributed by atoms with Gasteiger partial charge in [-0.3, -0.25) is 14.9 Å². The van der Waals surface area contributed by atoms with E-state index in [0.29, 0.717) is 10.6 Å². The zero-order valence-electron chi connectivity index (χ0n) is 12.2. The van der Waals surface area contributed by atoms with Crippen molar-refractivity contribution in [3.05, 3.63) is 74.8 Å². The molecule has 0 radical (unpaired) electrons. The van der Waals surface area contributed by atoms with Crippen LogP contribution in [0.2, 0.25) is 5.02 Å². The Kier molecular flexibility index (Phi) is 4.78. The molecule has 1 amide bonds. The van der Waals surface area contributed by atoms with Gasteiger partial charge in [-0.2, -0.15) is 0 Å². The van der Waals surface area contributed by atoms with Crippen LogP contribution >= 0.6 is 11.6 Å². The minimum absolute atomic E-state index is 0.0371. The van der Waals surface area contributed by atoms with Crippen molar-refractivity contribution in [3.8, 4) is 0 Å². The number of hydrogen-bond acceptors (Lipinski definition) is 3. The van der Waals surface area contributed by atoms with Crippen molar-refractivity contribution in [2.75, 3.05) is 7.05 Å². The van der Waals surface area contributed by atoms with Crippen molar-refractivity contribution in [1.82, 2.24) is 4.90 Å². The Hall–Kier alpha value is -2.40. The molecule has 0 fully saturated rings. The molecular formula is C16H15ClN2O3. The van der Waals surface area contributed by atoms with Crippen molar-refractivity contribution < 1.29 is 9.72 Å². The molecule has 0 aromatic heterocycles. The van der Waals surface area contributed by atoms with Gasteiger partial charge in [0, 0.05) is 29.8 Å². The molecule has 114 valence electrons. The lowest BCUT2D eigenvalue weighted by Crippen LogP contribution is -2.29. The third-order valence-electron chi connectivity index (χ3n) is 3.58. The molecule has 6 heteroatoms. The fourth-order valence-electron chi connectivity index (χ4n) is 2.07. The quantitative estimate of drug-likeness (QED) is 0.630. The first-order chi connectivity index (χ1) is 10.4. The molecule has 0 heterocycles. The monoisotopic (exact) mass is 318 g/mol. The second-order valence-corrected chi connectivity index (χ2v) is 5.38. The molecule has 2 aromatic carbocycles. The van der Waals surface area contributed by atoms with E-state index in [1.54, 1.807) is 24.1 Å². The maximum absolute atomic E-state index is 12.4. The summed E-state index contributed by atoms with van der Waals surface area (Å²) < 4.78 is 0. The number of hydrogen-bond donors (Lipinski definition) is 0. The maximum Gasteiger partial charge on any atom is 0.269 e. The highest BCUT2D eigenvalue weighted by Crippen LogP contribution is 2.23. The molecule has 1 atom stereocenters. The lowest BCUT2D eigenvalue weighted by molar-refractivity contribution is -0.384. The van der Waals surface area contributed by atoms with Gasteiger partial charge in [0.1, 0.15) is 0 Å². The summed E-state index contributed by atoms with van der Waals surface area (Å²) in [5, 5.41) is 11.3. The Balaban J connectivity index is 2.17. The maximum atomic E-state index is 12.4. The predicted molar refractivity (Wildman–Crippen MR) is 85.1 cm³/mol. The van der Waals surface area contributed by atoms with Gasteiger partial charge in [0.2, 0.25) is 0 Å². The zero-order valence-corrected chi connectivity index (χ0v) is 12.9. The van der Waals surface area contributed by atoms with Gasteiger partial charge in [-0.15, -0.1) is 0 Å². The van der Waals surface area contributed by atoms with Crippen LogP contribution in [0.15, 0.2) is 48.5 Å². The van der Waals surface area contributed by atoms with Crippen molar-refractivity contribution in [3.63, 3.8) is 0 Å². The van der Waals surface area contributed by atoms with Crippen LogP contribution in [0.5, 0.6) is 0 Å². The van der Waals surface area contributed by atoms with Gasteiger partial charge in [0.25, 0.3) is 11.6 Å². The second-order valence-electron chi connectivity index (χ2n) is 4.95. The molecule has 0 N–H and O–H groups in total. The Morgan fingerprint density at radius 2 is 1.68 bits per heavy atom. The highest BCUT2D eigenvalue weighted by atomic mass is 35.5. The van der Waals surface area contributed by atoms with Gasteiger partial charge in [-0.05, 0) is 36.8 Å². The van der Waals surface area contributed by atoms with Crippen LogP contribution < -0.4 is 0 Å². The van der Waals surface area contributed by atoms with E-state index < -0.39 is 4.92 Å². The van der Waals surface area contributed by atoms with Gasteiger partial charge in [-0.25, -0.2) is 0 Å². The minimum Gasteiger partial charge on any atom is -0.335 e. The van der Waals surface area contributed by atoms with E-state index in [2.05, 4.69) is 0 Å². The Morgan fingerprint density at radius 1 is 1.14 bits per heavy atom. The molecule has 2 aromatic rings. The molecule has 0 spiro atoms. The zero-order chi connectivity index (χ0) is 16.3. The summed E-state index contributed by atoms with van der Waals surface area (Å²) in [5.74, 6) is -0.197. The summed E-state index contributed by atoms with van der Waals surface area (Å²) in [4.78, 5) is 24.2. The number of carbonyl (C=O) groups excluding carboxylic acids is 1. The summed E-state index contributed by atoms with van der Waals surface area (Å²) in [7, 11) is 1.70. The molecule has 22 heavy (non-hydrogen) atoms. The lowest BCUT2D eigenvalue weighted by atomic mass is 10.1. The number of halogens is 1. The topological polar surface area (TPSA) is 63.5 Å². The fourth-order valence-corrected chi connectivity index (χ4v) is 2.20. The van der Waals surface area contributed by atoms with Crippen molar-refractivity contribution >= 4 is 23.2 Å². The Morgan fingerprint density at radius 3 is 2.18 bits per heavy atom. The fraction of sp³-hybridized carbons (Fsp3) is 0.188. The molecule has 0 aliphatic carbocycles. The smallest absolute Gasteiger partial charge is 0.269 e. The summed E-state index contributed by atoms with van der Waals surface area (Å²) >= 11 is 5.86. The normalized spacial score (nSPS) is 11.8. The van der Waals surface area contributed by atoms with Gasteiger partial charge in [0.15, 0.2) is 0 Å². The molecule has 0 aliphatic rings. The largest absolute Gasteiger partial charge is 0.335 e. The van der Waals surface area contributed by atoms with E-state index in [-0.39, 0.29) is 17.6 Å². The highest BCUT2D eigenvalue weighted by Gasteiger charge is 2.19. The van der Waals surface area contributed by atoms with E-state index in [9.17, 15) is 14.9 Å². The number of amides is 1. The third-order valence-corrected chi connectivity index (χ3v) is 3.83.